The highest BCUT2D eigenvalue weighted by molar-refractivity contribution is 5.96. The number of amides is 2. The monoisotopic (exact) mass is 515 g/mol. The third-order valence-electron chi connectivity index (χ3n) is 6.26. The lowest BCUT2D eigenvalue weighted by molar-refractivity contribution is -0.117. The summed E-state index contributed by atoms with van der Waals surface area (Å²) in [5, 5.41) is 14.1. The van der Waals surface area contributed by atoms with Crippen molar-refractivity contribution in [1.29, 1.82) is 0 Å². The molecule has 2 atom stereocenters. The normalized spacial score (nSPS) is 16.8. The molecule has 0 bridgehead atoms. The van der Waals surface area contributed by atoms with E-state index in [1.807, 2.05) is 42.2 Å². The molecule has 2 aromatic carbocycles. The van der Waals surface area contributed by atoms with Crippen LogP contribution in [0.15, 0.2) is 67.3 Å². The molecule has 1 saturated heterocycles. The van der Waals surface area contributed by atoms with Crippen molar-refractivity contribution in [3.8, 4) is 0 Å². The van der Waals surface area contributed by atoms with Crippen LogP contribution in [0.25, 0.3) is 0 Å². The van der Waals surface area contributed by atoms with Gasteiger partial charge < -0.3 is 26.0 Å². The Morgan fingerprint density at radius 1 is 1.13 bits per heavy atom. The second kappa shape index (κ2) is 12.0. The van der Waals surface area contributed by atoms with E-state index in [1.54, 1.807) is 24.3 Å². The maximum atomic E-state index is 12.4. The Morgan fingerprint density at radius 3 is 2.55 bits per heavy atom. The van der Waals surface area contributed by atoms with Crippen LogP contribution in [0.3, 0.4) is 0 Å². The first-order valence-electron chi connectivity index (χ1n) is 12.2. The highest BCUT2D eigenvalue weighted by Crippen LogP contribution is 2.25. The fraction of sp³-hybridized carbons (Fsp3) is 0.259. The summed E-state index contributed by atoms with van der Waals surface area (Å²) in [4.78, 5) is 42.7. The molecule has 0 spiro atoms. The molecule has 1 aliphatic rings. The van der Waals surface area contributed by atoms with Gasteiger partial charge >= 0.3 is 5.97 Å². The second-order valence-corrected chi connectivity index (χ2v) is 8.83. The highest BCUT2D eigenvalue weighted by Gasteiger charge is 2.31. The van der Waals surface area contributed by atoms with E-state index in [1.165, 1.54) is 6.08 Å². The molecule has 4 rings (SSSR count). The summed E-state index contributed by atoms with van der Waals surface area (Å²) in [5.74, 6) is -1.07. The summed E-state index contributed by atoms with van der Waals surface area (Å²) < 4.78 is 5.37. The Labute approximate surface area is 220 Å². The molecule has 0 radical (unpaired) electrons. The average Bonchev–Trinajstić information content (AvgIpc) is 2.93. The number of ether oxygens (including phenoxy) is 1. The van der Waals surface area contributed by atoms with E-state index in [0.717, 1.165) is 18.4 Å². The maximum absolute atomic E-state index is 12.4. The molecular formula is C27H29N7O4. The zero-order valence-electron chi connectivity index (χ0n) is 21.0. The van der Waals surface area contributed by atoms with E-state index >= 15 is 0 Å². The summed E-state index contributed by atoms with van der Waals surface area (Å²) in [7, 11) is 0. The Bertz CT molecular complexity index is 1310. The molecule has 2 amide bonds. The summed E-state index contributed by atoms with van der Waals surface area (Å²) in [6.07, 6.45) is 2.84. The van der Waals surface area contributed by atoms with Gasteiger partial charge in [-0.1, -0.05) is 36.9 Å². The number of aromatic nitrogens is 3. The van der Waals surface area contributed by atoms with Gasteiger partial charge in [0.25, 0.3) is 5.91 Å². The number of nitrogens with zero attached hydrogens (tertiary/aromatic N) is 4. The lowest BCUT2D eigenvalue weighted by Crippen LogP contribution is -2.54. The van der Waals surface area contributed by atoms with Crippen molar-refractivity contribution >= 4 is 35.2 Å². The van der Waals surface area contributed by atoms with Crippen molar-refractivity contribution in [1.82, 2.24) is 20.5 Å². The van der Waals surface area contributed by atoms with Gasteiger partial charge in [0.15, 0.2) is 11.5 Å². The largest absolute Gasteiger partial charge is 0.457 e. The van der Waals surface area contributed by atoms with Crippen molar-refractivity contribution in [2.45, 2.75) is 38.5 Å². The molecule has 0 saturated carbocycles. The van der Waals surface area contributed by atoms with Crippen LogP contribution in [0.2, 0.25) is 0 Å². The Morgan fingerprint density at radius 2 is 1.87 bits per heavy atom. The summed E-state index contributed by atoms with van der Waals surface area (Å²) in [6.45, 7) is 6.29. The molecule has 1 aromatic heterocycles. The molecule has 196 valence electrons. The molecule has 11 nitrogen and oxygen atoms in total. The van der Waals surface area contributed by atoms with E-state index in [2.05, 4.69) is 32.4 Å². The van der Waals surface area contributed by atoms with Gasteiger partial charge in [0, 0.05) is 24.3 Å². The van der Waals surface area contributed by atoms with Gasteiger partial charge in [0.2, 0.25) is 11.9 Å². The minimum atomic E-state index is -0.789. The molecular weight excluding hydrogens is 486 g/mol. The predicted molar refractivity (Wildman–Crippen MR) is 142 cm³/mol. The molecule has 1 fully saturated rings. The summed E-state index contributed by atoms with van der Waals surface area (Å²) in [5.41, 5.74) is 7.21. The quantitative estimate of drug-likeness (QED) is 0.288. The lowest BCUT2D eigenvalue weighted by Gasteiger charge is -2.39. The SMILES string of the molecule is C=CC(=O)N[C@@H]1CCCN(c2nnc(C(N)=O)c(Nc3ccc(C(=O)OCc4ccccc4)cc3)n2)[C@@H]1C. The number of nitrogens with one attached hydrogen (secondary N) is 2. The van der Waals surface area contributed by atoms with Crippen molar-refractivity contribution < 1.29 is 19.1 Å². The van der Waals surface area contributed by atoms with E-state index in [-0.39, 0.29) is 36.1 Å². The first-order valence-corrected chi connectivity index (χ1v) is 12.2. The number of nitrogens with two attached hydrogens (primary N) is 1. The molecule has 0 unspecified atom stereocenters. The Balaban J connectivity index is 1.48. The van der Waals surface area contributed by atoms with E-state index in [0.29, 0.717) is 23.7 Å². The molecule has 11 heteroatoms. The molecule has 3 aromatic rings. The minimum absolute atomic E-state index is 0.122. The zero-order chi connectivity index (χ0) is 27.1. The summed E-state index contributed by atoms with van der Waals surface area (Å²) >= 11 is 0. The van der Waals surface area contributed by atoms with Crippen LogP contribution in [0.5, 0.6) is 0 Å². The highest BCUT2D eigenvalue weighted by atomic mass is 16.5. The lowest BCUT2D eigenvalue weighted by atomic mass is 9.97. The van der Waals surface area contributed by atoms with Gasteiger partial charge in [0.05, 0.1) is 5.56 Å². The van der Waals surface area contributed by atoms with Crippen LogP contribution in [-0.2, 0) is 16.1 Å². The van der Waals surface area contributed by atoms with Gasteiger partial charge in [-0.2, -0.15) is 4.98 Å². The van der Waals surface area contributed by atoms with Crippen molar-refractivity contribution in [3.05, 3.63) is 84.1 Å². The van der Waals surface area contributed by atoms with Crippen LogP contribution >= 0.6 is 0 Å². The standard InChI is InChI=1S/C27H29N7O4/c1-3-22(35)30-21-10-7-15-34(17(21)2)27-31-25(23(24(28)36)32-33-27)29-20-13-11-19(12-14-20)26(37)38-16-18-8-5-4-6-9-18/h3-6,8-9,11-14,17,21H,1,7,10,15-16H2,2H3,(H2,28,36)(H,30,35)(H,29,31,33)/t17-,21-/m1/s1. The fourth-order valence-corrected chi connectivity index (χ4v) is 4.19. The van der Waals surface area contributed by atoms with Crippen molar-refractivity contribution in [3.63, 3.8) is 0 Å². The number of anilines is 3. The first kappa shape index (κ1) is 26.3. The van der Waals surface area contributed by atoms with E-state index < -0.39 is 11.9 Å². The van der Waals surface area contributed by atoms with E-state index in [9.17, 15) is 14.4 Å². The third kappa shape index (κ3) is 6.30. The second-order valence-electron chi connectivity index (χ2n) is 8.83. The Hall–Kier alpha value is -4.80. The number of carbonyl (C=O) groups excluding carboxylic acids is 3. The Kier molecular flexibility index (Phi) is 8.27. The van der Waals surface area contributed by atoms with Gasteiger partial charge in [0.1, 0.15) is 6.61 Å². The maximum Gasteiger partial charge on any atom is 0.338 e. The van der Waals surface area contributed by atoms with Crippen LogP contribution in [-0.4, -0.2) is 51.6 Å². The number of hydrogen-bond acceptors (Lipinski definition) is 9. The molecule has 2 heterocycles. The van der Waals surface area contributed by atoms with Crippen LogP contribution in [0, 0.1) is 0 Å². The van der Waals surface area contributed by atoms with Crippen molar-refractivity contribution in [2.24, 2.45) is 5.73 Å². The van der Waals surface area contributed by atoms with Gasteiger partial charge in [-0.15, -0.1) is 10.2 Å². The topological polar surface area (TPSA) is 152 Å². The number of primary amides is 1. The molecule has 38 heavy (non-hydrogen) atoms. The van der Waals surface area contributed by atoms with Crippen molar-refractivity contribution in [2.75, 3.05) is 16.8 Å². The van der Waals surface area contributed by atoms with Crippen LogP contribution in [0.4, 0.5) is 17.5 Å². The minimum Gasteiger partial charge on any atom is -0.457 e. The number of hydrogen-bond donors (Lipinski definition) is 3. The first-order chi connectivity index (χ1) is 18.4. The van der Waals surface area contributed by atoms with E-state index in [4.69, 9.17) is 10.5 Å². The van der Waals surface area contributed by atoms with Gasteiger partial charge in [-0.25, -0.2) is 4.79 Å². The van der Waals surface area contributed by atoms with Gasteiger partial charge in [-0.3, -0.25) is 9.59 Å². The molecule has 1 aliphatic heterocycles. The molecule has 0 aliphatic carbocycles. The predicted octanol–water partition coefficient (Wildman–Crippen LogP) is 2.73. The van der Waals surface area contributed by atoms with Crippen LogP contribution in [0.1, 0.15) is 46.2 Å². The number of esters is 1. The zero-order valence-corrected chi connectivity index (χ0v) is 21.0. The number of piperidine rings is 1. The van der Waals surface area contributed by atoms with Gasteiger partial charge in [-0.05, 0) is 55.7 Å². The number of carbonyl (C=O) groups is 3. The average molecular weight is 516 g/mol. The number of rotatable bonds is 9. The number of benzene rings is 2. The summed E-state index contributed by atoms with van der Waals surface area (Å²) in [6, 6.07) is 15.7. The smallest absolute Gasteiger partial charge is 0.338 e. The molecule has 4 N–H and O–H groups in total. The fourth-order valence-electron chi connectivity index (χ4n) is 4.19. The van der Waals surface area contributed by atoms with Crippen LogP contribution < -0.4 is 21.3 Å². The third-order valence-corrected chi connectivity index (χ3v) is 6.26.